The average Bonchev–Trinajstić information content (AvgIpc) is 4.28. The second-order valence-electron chi connectivity index (χ2n) is 17.6. The molecule has 8 rings (SSSR count). The standard InChI is InChI=1S/C25H22ClF3N4O3S.C16H17ClN4OS.C9H7F3O3.C2HF3O2/c1-32(2)22(34)18-9-8-16(14-19(18)26)21-31-30-20(37-21)15-10-12-33(13-11-15)23(35)24(36,25(27,28)29)17-6-4-3-5-7-17;1-21(2)16(22)12-4-3-11(9-13(12)17)15-20-19-14(23-15)10-5-7-18-8-6-10;10-9(11,12)8(14,15-6-13)7-4-2-1-3-5-7;3-2(4,5)1(6)7/h3-10,14,36H,11-13H2,1-2H3;3-5,9,18H,6-8H2,1-2H3;1-6,14H;(H,6,7). The molecule has 17 nitrogen and oxygen atoms in total. The molecule has 2 aliphatic rings. The summed E-state index contributed by atoms with van der Waals surface area (Å²) in [6.07, 6.45) is -10.4. The van der Waals surface area contributed by atoms with Crippen molar-refractivity contribution >= 4 is 87.2 Å². The van der Waals surface area contributed by atoms with E-state index in [9.17, 15) is 68.9 Å². The van der Waals surface area contributed by atoms with Crippen molar-refractivity contribution in [3.8, 4) is 21.1 Å². The fourth-order valence-electron chi connectivity index (χ4n) is 7.28. The second kappa shape index (κ2) is 27.6. The molecule has 6 aromatic rings. The van der Waals surface area contributed by atoms with Gasteiger partial charge in [-0.3, -0.25) is 19.2 Å². The van der Waals surface area contributed by atoms with E-state index >= 15 is 0 Å². The van der Waals surface area contributed by atoms with Gasteiger partial charge in [0, 0.05) is 70.1 Å². The van der Waals surface area contributed by atoms with Crippen LogP contribution in [0.4, 0.5) is 39.5 Å². The third kappa shape index (κ3) is 16.0. The highest BCUT2D eigenvalue weighted by atomic mass is 35.5. The minimum absolute atomic E-state index is 0.0298. The molecule has 0 saturated carbocycles. The smallest absolute Gasteiger partial charge is 0.475 e. The number of alkyl halides is 9. The van der Waals surface area contributed by atoms with Gasteiger partial charge in [0.1, 0.15) is 20.0 Å². The quantitative estimate of drug-likeness (QED) is 0.0538. The van der Waals surface area contributed by atoms with E-state index in [4.69, 9.17) is 33.1 Å². The Hall–Kier alpha value is -7.34. The van der Waals surface area contributed by atoms with Crippen molar-refractivity contribution in [2.45, 2.75) is 42.8 Å². The zero-order valence-electron chi connectivity index (χ0n) is 43.1. The number of halogens is 11. The number of aliphatic hydroxyl groups is 2. The van der Waals surface area contributed by atoms with Crippen LogP contribution in [0.1, 0.15) is 54.7 Å². The molecule has 0 saturated heterocycles. The van der Waals surface area contributed by atoms with Gasteiger partial charge in [-0.15, -0.1) is 20.4 Å². The Bertz CT molecular complexity index is 3290. The van der Waals surface area contributed by atoms with Gasteiger partial charge in [-0.2, -0.15) is 39.5 Å². The van der Waals surface area contributed by atoms with E-state index in [0.29, 0.717) is 31.7 Å². The van der Waals surface area contributed by atoms with Gasteiger partial charge < -0.3 is 40.1 Å². The van der Waals surface area contributed by atoms with Crippen molar-refractivity contribution in [2.24, 2.45) is 0 Å². The largest absolute Gasteiger partial charge is 0.490 e. The molecule has 438 valence electrons. The van der Waals surface area contributed by atoms with Crippen LogP contribution >= 0.6 is 45.9 Å². The van der Waals surface area contributed by atoms with Crippen molar-refractivity contribution in [1.82, 2.24) is 40.4 Å². The first kappa shape index (κ1) is 65.5. The first-order valence-electron chi connectivity index (χ1n) is 23.6. The van der Waals surface area contributed by atoms with Crippen molar-refractivity contribution in [3.63, 3.8) is 0 Å². The molecule has 2 unspecified atom stereocenters. The first-order valence-corrected chi connectivity index (χ1v) is 25.9. The van der Waals surface area contributed by atoms with Crippen LogP contribution < -0.4 is 5.32 Å². The number of nitrogens with one attached hydrogen (secondary N) is 1. The molecular formula is C52H47Cl2F9N8O9S2. The zero-order chi connectivity index (χ0) is 61.0. The molecule has 4 heterocycles. The summed E-state index contributed by atoms with van der Waals surface area (Å²) in [5.41, 5.74) is -0.377. The number of benzene rings is 4. The second-order valence-corrected chi connectivity index (χ2v) is 20.4. The highest BCUT2D eigenvalue weighted by Gasteiger charge is 2.62. The predicted octanol–water partition coefficient (Wildman–Crippen LogP) is 9.76. The molecule has 2 aromatic heterocycles. The first-order chi connectivity index (χ1) is 38.3. The molecule has 0 radical (unpaired) electrons. The van der Waals surface area contributed by atoms with Gasteiger partial charge in [-0.1, -0.05) is 131 Å². The number of carboxylic acid groups (broad SMARTS) is 1. The van der Waals surface area contributed by atoms with E-state index in [1.807, 2.05) is 6.07 Å². The molecule has 4 N–H and O–H groups in total. The SMILES string of the molecule is CN(C)C(=O)c1ccc(-c2nnc(C3=CCN(C(=O)C(O)(c4ccccc4)C(F)(F)F)CC3)s2)cc1Cl.CN(C)C(=O)c1ccc(-c2nnc(C3=CCNCC3)s2)cc1Cl.O=C(O)C(F)(F)F.O=COC(O)(c1ccccc1)C(F)(F)F. The lowest BCUT2D eigenvalue weighted by atomic mass is 9.90. The number of carboxylic acids is 1. The number of amides is 3. The van der Waals surface area contributed by atoms with E-state index in [-0.39, 0.29) is 36.3 Å². The molecule has 2 aliphatic heterocycles. The van der Waals surface area contributed by atoms with Gasteiger partial charge in [-0.05, 0) is 54.8 Å². The van der Waals surface area contributed by atoms with Crippen LogP contribution in [0.5, 0.6) is 0 Å². The Balaban J connectivity index is 0.000000232. The van der Waals surface area contributed by atoms with Crippen molar-refractivity contribution in [3.05, 3.63) is 152 Å². The van der Waals surface area contributed by atoms with Crippen LogP contribution in [0, 0.1) is 0 Å². The third-order valence-electron chi connectivity index (χ3n) is 11.6. The summed E-state index contributed by atoms with van der Waals surface area (Å²) in [5, 5.41) is 50.7. The molecule has 82 heavy (non-hydrogen) atoms. The zero-order valence-corrected chi connectivity index (χ0v) is 46.3. The van der Waals surface area contributed by atoms with Crippen LogP contribution in [0.25, 0.3) is 32.3 Å². The molecule has 3 amide bonds. The van der Waals surface area contributed by atoms with Crippen LogP contribution in [-0.4, -0.2) is 153 Å². The van der Waals surface area contributed by atoms with E-state index in [1.165, 1.54) is 63.1 Å². The number of aromatic nitrogens is 4. The maximum absolute atomic E-state index is 13.9. The minimum atomic E-state index is -5.20. The van der Waals surface area contributed by atoms with E-state index in [0.717, 1.165) is 69.8 Å². The average molecular weight is 1230 g/mol. The number of carbonyl (C=O) groups excluding carboxylic acids is 4. The van der Waals surface area contributed by atoms with Crippen molar-refractivity contribution in [2.75, 3.05) is 54.4 Å². The van der Waals surface area contributed by atoms with Gasteiger partial charge >= 0.3 is 30.3 Å². The van der Waals surface area contributed by atoms with E-state index < -0.39 is 59.4 Å². The van der Waals surface area contributed by atoms with E-state index in [2.05, 4.69) is 36.5 Å². The van der Waals surface area contributed by atoms with Gasteiger partial charge in [-0.25, -0.2) is 4.79 Å². The molecule has 0 bridgehead atoms. The number of nitrogens with zero attached hydrogens (tertiary/aromatic N) is 7. The lowest BCUT2D eigenvalue weighted by Gasteiger charge is -2.36. The molecule has 0 spiro atoms. The summed E-state index contributed by atoms with van der Waals surface area (Å²) in [7, 11) is 6.66. The number of ether oxygens (including phenoxy) is 1. The topological polar surface area (TPSA) is 229 Å². The number of carbonyl (C=O) groups is 5. The highest BCUT2D eigenvalue weighted by molar-refractivity contribution is 7.16. The minimum Gasteiger partial charge on any atom is -0.475 e. The number of hydrogen-bond donors (Lipinski definition) is 4. The van der Waals surface area contributed by atoms with E-state index in [1.54, 1.807) is 75.9 Å². The van der Waals surface area contributed by atoms with Crippen LogP contribution in [0.3, 0.4) is 0 Å². The number of aliphatic carboxylic acids is 1. The molecule has 2 atom stereocenters. The lowest BCUT2D eigenvalue weighted by molar-refractivity contribution is -0.356. The summed E-state index contributed by atoms with van der Waals surface area (Å²) in [4.78, 5) is 59.9. The fraction of sp³-hybridized carbons (Fsp3) is 0.288. The van der Waals surface area contributed by atoms with Gasteiger partial charge in [0.15, 0.2) is 0 Å². The van der Waals surface area contributed by atoms with Gasteiger partial charge in [0.25, 0.3) is 29.8 Å². The normalized spacial score (nSPS) is 14.9. The third-order valence-corrected chi connectivity index (χ3v) is 14.3. The molecule has 30 heteroatoms. The van der Waals surface area contributed by atoms with Gasteiger partial charge in [0.05, 0.1) is 21.2 Å². The Kier molecular flexibility index (Phi) is 22.1. The molecule has 4 aromatic carbocycles. The maximum Gasteiger partial charge on any atom is 0.490 e. The summed E-state index contributed by atoms with van der Waals surface area (Å²) in [6, 6.07) is 22.7. The molecule has 0 aliphatic carbocycles. The maximum atomic E-state index is 13.9. The lowest BCUT2D eigenvalue weighted by Crippen LogP contribution is -2.56. The van der Waals surface area contributed by atoms with Crippen LogP contribution in [-0.2, 0) is 30.5 Å². The number of hydrogen-bond acceptors (Lipinski definition) is 15. The Morgan fingerprint density at radius 1 is 0.646 bits per heavy atom. The van der Waals surface area contributed by atoms with Crippen LogP contribution in [0.2, 0.25) is 10.0 Å². The Morgan fingerprint density at radius 3 is 1.44 bits per heavy atom. The monoisotopic (exact) mass is 1230 g/mol. The highest BCUT2D eigenvalue weighted by Crippen LogP contribution is 2.42. The Labute approximate surface area is 478 Å². The fourth-order valence-corrected chi connectivity index (χ4v) is 9.62. The predicted molar refractivity (Wildman–Crippen MR) is 285 cm³/mol. The summed E-state index contributed by atoms with van der Waals surface area (Å²) >= 11 is 15.4. The summed E-state index contributed by atoms with van der Waals surface area (Å²) in [5.74, 6) is -8.12. The Morgan fingerprint density at radius 2 is 1.09 bits per heavy atom. The van der Waals surface area contributed by atoms with Crippen molar-refractivity contribution < 1.29 is 83.5 Å². The number of rotatable bonds is 11. The summed E-state index contributed by atoms with van der Waals surface area (Å²) in [6.45, 7) is 1.24. The molecular weight excluding hydrogens is 1190 g/mol. The summed E-state index contributed by atoms with van der Waals surface area (Å²) < 4.78 is 114. The van der Waals surface area contributed by atoms with Crippen molar-refractivity contribution in [1.29, 1.82) is 0 Å². The molecule has 0 fully saturated rings. The van der Waals surface area contributed by atoms with Gasteiger partial charge in [0.2, 0.25) is 0 Å². The van der Waals surface area contributed by atoms with Crippen LogP contribution in [0.15, 0.2) is 109 Å².